The predicted molar refractivity (Wildman–Crippen MR) is 182 cm³/mol. The van der Waals surface area contributed by atoms with Gasteiger partial charge in [0.2, 0.25) is 0 Å². The van der Waals surface area contributed by atoms with Crippen LogP contribution in [0.3, 0.4) is 0 Å². The van der Waals surface area contributed by atoms with E-state index in [-0.39, 0.29) is 35.6 Å². The SMILES string of the molecule is CCCCC[C@H](C[C@H](C[C@@H]1C[C@H](C[C@H](CO[Si](c2ccccc2)(c2ccccc2)C(C)(C)C)OC)OC(C)(C)O1)OC)OC. The highest BCUT2D eigenvalue weighted by Crippen LogP contribution is 2.38. The van der Waals surface area contributed by atoms with Crippen LogP contribution in [0.15, 0.2) is 60.7 Å². The van der Waals surface area contributed by atoms with Gasteiger partial charge in [0, 0.05) is 40.6 Å². The Kier molecular flexibility index (Phi) is 14.6. The van der Waals surface area contributed by atoms with Crippen molar-refractivity contribution in [3.63, 3.8) is 0 Å². The van der Waals surface area contributed by atoms with Gasteiger partial charge >= 0.3 is 0 Å². The maximum Gasteiger partial charge on any atom is 0.261 e. The van der Waals surface area contributed by atoms with Crippen molar-refractivity contribution >= 4 is 18.7 Å². The van der Waals surface area contributed by atoms with Crippen molar-refractivity contribution in [1.29, 1.82) is 0 Å². The lowest BCUT2D eigenvalue weighted by Gasteiger charge is -2.44. The first-order chi connectivity index (χ1) is 21.0. The zero-order valence-corrected chi connectivity index (χ0v) is 30.0. The molecule has 0 amide bonds. The molecular weight excluding hydrogens is 568 g/mol. The maximum absolute atomic E-state index is 7.21. The van der Waals surface area contributed by atoms with E-state index >= 15 is 0 Å². The number of unbranched alkanes of at least 4 members (excludes halogenated alkanes) is 2. The van der Waals surface area contributed by atoms with E-state index in [1.165, 1.54) is 29.6 Å². The minimum atomic E-state index is -2.67. The normalized spacial score (nSPS) is 21.1. The Labute approximate surface area is 269 Å². The highest BCUT2D eigenvalue weighted by molar-refractivity contribution is 6.99. The van der Waals surface area contributed by atoms with E-state index in [2.05, 4.69) is 88.4 Å². The van der Waals surface area contributed by atoms with Gasteiger partial charge < -0.3 is 28.1 Å². The largest absolute Gasteiger partial charge is 0.405 e. The molecule has 1 fully saturated rings. The lowest BCUT2D eigenvalue weighted by atomic mass is 9.95. The van der Waals surface area contributed by atoms with Gasteiger partial charge in [-0.05, 0) is 42.1 Å². The first-order valence-corrected chi connectivity index (χ1v) is 18.6. The van der Waals surface area contributed by atoms with Gasteiger partial charge in [0.25, 0.3) is 8.32 Å². The van der Waals surface area contributed by atoms with Gasteiger partial charge in [-0.25, -0.2) is 0 Å². The van der Waals surface area contributed by atoms with Crippen LogP contribution >= 0.6 is 0 Å². The summed E-state index contributed by atoms with van der Waals surface area (Å²) in [6.07, 6.45) is 8.04. The van der Waals surface area contributed by atoms with E-state index in [1.807, 2.05) is 21.0 Å². The minimum Gasteiger partial charge on any atom is -0.405 e. The Balaban J connectivity index is 1.73. The van der Waals surface area contributed by atoms with Crippen molar-refractivity contribution in [2.45, 2.75) is 134 Å². The third kappa shape index (κ3) is 10.2. The van der Waals surface area contributed by atoms with E-state index in [0.29, 0.717) is 6.61 Å². The predicted octanol–water partition coefficient (Wildman–Crippen LogP) is 7.27. The average molecular weight is 629 g/mol. The number of hydrogen-bond donors (Lipinski definition) is 0. The molecule has 0 spiro atoms. The van der Waals surface area contributed by atoms with Crippen molar-refractivity contribution in [3.8, 4) is 0 Å². The van der Waals surface area contributed by atoms with Gasteiger partial charge in [0.05, 0.1) is 37.1 Å². The van der Waals surface area contributed by atoms with E-state index in [1.54, 1.807) is 14.2 Å². The van der Waals surface area contributed by atoms with Crippen molar-refractivity contribution < 1.29 is 28.1 Å². The zero-order valence-electron chi connectivity index (χ0n) is 29.0. The van der Waals surface area contributed by atoms with Crippen molar-refractivity contribution in [3.05, 3.63) is 60.7 Å². The molecule has 0 radical (unpaired) electrons. The standard InChI is InChI=1S/C37H60O6Si/c1-10-11-14-19-29(38-7)24-30(39-8)25-31-26-32(43-37(5,6)42-31)27-33(40-9)28-41-44(36(2,3)4,34-20-15-12-16-21-34)35-22-17-13-18-23-35/h12-13,15-18,20-23,29-33H,10-11,14,19,24-28H2,1-9H3/t29-,30-,31-,32-,33-/m1/s1. The second-order valence-corrected chi connectivity index (χ2v) is 18.2. The van der Waals surface area contributed by atoms with Crippen LogP contribution in [0.2, 0.25) is 5.04 Å². The summed E-state index contributed by atoms with van der Waals surface area (Å²) in [5.41, 5.74) is 0. The molecule has 1 aliphatic rings. The van der Waals surface area contributed by atoms with Crippen LogP contribution in [0, 0.1) is 0 Å². The first kappa shape index (κ1) is 36.9. The first-order valence-electron chi connectivity index (χ1n) is 16.7. The Morgan fingerprint density at radius 2 is 1.27 bits per heavy atom. The molecule has 1 heterocycles. The summed E-state index contributed by atoms with van der Waals surface area (Å²) in [5.74, 6) is -0.690. The molecule has 0 saturated carbocycles. The Bertz CT molecular complexity index is 1020. The summed E-state index contributed by atoms with van der Waals surface area (Å²) in [6.45, 7) is 13.7. The smallest absolute Gasteiger partial charge is 0.261 e. The highest BCUT2D eigenvalue weighted by Gasteiger charge is 2.50. The number of benzene rings is 2. The fourth-order valence-corrected chi connectivity index (χ4v) is 11.4. The Morgan fingerprint density at radius 1 is 0.773 bits per heavy atom. The van der Waals surface area contributed by atoms with Gasteiger partial charge in [-0.2, -0.15) is 0 Å². The number of methoxy groups -OCH3 is 3. The fraction of sp³-hybridized carbons (Fsp3) is 0.676. The molecule has 1 saturated heterocycles. The van der Waals surface area contributed by atoms with Crippen LogP contribution in [0.5, 0.6) is 0 Å². The van der Waals surface area contributed by atoms with Crippen LogP contribution in [0.25, 0.3) is 0 Å². The minimum absolute atomic E-state index is 0.0169. The molecule has 2 aromatic rings. The molecule has 2 aromatic carbocycles. The molecule has 248 valence electrons. The molecule has 3 rings (SSSR count). The molecule has 6 nitrogen and oxygen atoms in total. The van der Waals surface area contributed by atoms with E-state index in [4.69, 9.17) is 28.1 Å². The fourth-order valence-electron chi connectivity index (χ4n) is 6.84. The van der Waals surface area contributed by atoms with Crippen LogP contribution in [-0.4, -0.2) is 72.6 Å². The summed E-state index contributed by atoms with van der Waals surface area (Å²) in [4.78, 5) is 0. The molecule has 0 aliphatic carbocycles. The summed E-state index contributed by atoms with van der Waals surface area (Å²) < 4.78 is 38.0. The number of rotatable bonds is 18. The summed E-state index contributed by atoms with van der Waals surface area (Å²) in [5, 5.41) is 2.45. The van der Waals surface area contributed by atoms with E-state index in [0.717, 1.165) is 32.1 Å². The van der Waals surface area contributed by atoms with E-state index < -0.39 is 14.1 Å². The second kappa shape index (κ2) is 17.4. The van der Waals surface area contributed by atoms with Gasteiger partial charge in [0.1, 0.15) is 0 Å². The van der Waals surface area contributed by atoms with E-state index in [9.17, 15) is 0 Å². The van der Waals surface area contributed by atoms with Crippen molar-refractivity contribution in [2.24, 2.45) is 0 Å². The topological polar surface area (TPSA) is 55.4 Å². The number of hydrogen-bond acceptors (Lipinski definition) is 6. The third-order valence-corrected chi connectivity index (χ3v) is 14.0. The monoisotopic (exact) mass is 628 g/mol. The van der Waals surface area contributed by atoms with Gasteiger partial charge in [0.15, 0.2) is 5.79 Å². The Morgan fingerprint density at radius 3 is 1.73 bits per heavy atom. The number of ether oxygens (including phenoxy) is 5. The molecule has 0 bridgehead atoms. The van der Waals surface area contributed by atoms with Gasteiger partial charge in [-0.15, -0.1) is 0 Å². The molecule has 0 N–H and O–H groups in total. The molecule has 5 atom stereocenters. The molecule has 0 unspecified atom stereocenters. The lowest BCUT2D eigenvalue weighted by molar-refractivity contribution is -0.306. The molecule has 7 heteroatoms. The lowest BCUT2D eigenvalue weighted by Crippen LogP contribution is -2.67. The van der Waals surface area contributed by atoms with Crippen LogP contribution in [-0.2, 0) is 28.1 Å². The van der Waals surface area contributed by atoms with Crippen molar-refractivity contribution in [2.75, 3.05) is 27.9 Å². The van der Waals surface area contributed by atoms with Gasteiger partial charge in [-0.3, -0.25) is 0 Å². The summed E-state index contributed by atoms with van der Waals surface area (Å²) in [7, 11) is 2.73. The zero-order chi connectivity index (χ0) is 32.2. The van der Waals surface area contributed by atoms with Crippen molar-refractivity contribution in [1.82, 2.24) is 0 Å². The van der Waals surface area contributed by atoms with Crippen LogP contribution < -0.4 is 10.4 Å². The third-order valence-electron chi connectivity index (χ3n) is 9.04. The van der Waals surface area contributed by atoms with Crippen LogP contribution in [0.1, 0.15) is 92.9 Å². The molecule has 0 aromatic heterocycles. The van der Waals surface area contributed by atoms with Gasteiger partial charge in [-0.1, -0.05) is 108 Å². The molecule has 1 aliphatic heterocycles. The quantitative estimate of drug-likeness (QED) is 0.128. The summed E-state index contributed by atoms with van der Waals surface area (Å²) >= 11 is 0. The molecule has 44 heavy (non-hydrogen) atoms. The van der Waals surface area contributed by atoms with Crippen LogP contribution in [0.4, 0.5) is 0 Å². The summed E-state index contributed by atoms with van der Waals surface area (Å²) in [6, 6.07) is 21.5. The second-order valence-electron chi connectivity index (χ2n) is 13.9. The maximum atomic E-state index is 7.21. The average Bonchev–Trinajstić information content (AvgIpc) is 2.99. The Hall–Kier alpha value is -1.58. The molecular formula is C37H60O6Si. The highest BCUT2D eigenvalue weighted by atomic mass is 28.4.